The van der Waals surface area contributed by atoms with E-state index in [2.05, 4.69) is 11.8 Å². The van der Waals surface area contributed by atoms with Crippen LogP contribution in [0.4, 0.5) is 5.69 Å². The first kappa shape index (κ1) is 13.7. The fourth-order valence-electron chi connectivity index (χ4n) is 2.99. The Morgan fingerprint density at radius 1 is 1.38 bits per heavy atom. The molecule has 0 saturated carbocycles. The van der Waals surface area contributed by atoms with Gasteiger partial charge in [-0.15, -0.1) is 0 Å². The zero-order valence-electron chi connectivity index (χ0n) is 12.1. The molecule has 1 aliphatic heterocycles. The van der Waals surface area contributed by atoms with Gasteiger partial charge in [-0.1, -0.05) is 6.92 Å². The molecule has 1 aromatic heterocycles. The van der Waals surface area contributed by atoms with Crippen molar-refractivity contribution in [1.82, 2.24) is 0 Å². The number of benzene rings is 1. The van der Waals surface area contributed by atoms with E-state index in [1.54, 1.807) is 18.4 Å². The Labute approximate surface area is 124 Å². The van der Waals surface area contributed by atoms with Gasteiger partial charge in [-0.25, -0.2) is 4.79 Å². The molecule has 21 heavy (non-hydrogen) atoms. The van der Waals surface area contributed by atoms with Crippen molar-refractivity contribution < 1.29 is 14.3 Å². The highest BCUT2D eigenvalue weighted by molar-refractivity contribution is 5.96. The van der Waals surface area contributed by atoms with Crippen LogP contribution in [0.3, 0.4) is 0 Å². The van der Waals surface area contributed by atoms with Crippen LogP contribution in [0.2, 0.25) is 0 Å². The molecule has 2 aromatic rings. The lowest BCUT2D eigenvalue weighted by Crippen LogP contribution is -2.35. The van der Waals surface area contributed by atoms with Gasteiger partial charge in [0.2, 0.25) is 0 Å². The van der Waals surface area contributed by atoms with Crippen molar-refractivity contribution in [3.8, 4) is 11.3 Å². The van der Waals surface area contributed by atoms with Gasteiger partial charge in [0, 0.05) is 18.7 Å². The summed E-state index contributed by atoms with van der Waals surface area (Å²) in [7, 11) is 0. The molecule has 110 valence electrons. The maximum absolute atomic E-state index is 11.6. The molecule has 4 nitrogen and oxygen atoms in total. The maximum atomic E-state index is 11.6. The number of aromatic carboxylic acids is 1. The van der Waals surface area contributed by atoms with Crippen LogP contribution in [0.15, 0.2) is 41.0 Å². The summed E-state index contributed by atoms with van der Waals surface area (Å²) in [6.45, 7) is 4.05. The van der Waals surface area contributed by atoms with E-state index >= 15 is 0 Å². The standard InChI is InChI=1S/C17H19NO3/c1-12-4-2-8-18(11-12)15-7-6-13(10-14(15)17(19)20)16-5-3-9-21-16/h3,5-7,9-10,12H,2,4,8,11H2,1H3,(H,19,20). The van der Waals surface area contributed by atoms with Gasteiger partial charge in [-0.3, -0.25) is 0 Å². The predicted octanol–water partition coefficient (Wildman–Crippen LogP) is 3.88. The maximum Gasteiger partial charge on any atom is 0.337 e. The molecule has 0 bridgehead atoms. The summed E-state index contributed by atoms with van der Waals surface area (Å²) >= 11 is 0. The molecule has 1 N–H and O–H groups in total. The average Bonchev–Trinajstić information content (AvgIpc) is 3.01. The number of rotatable bonds is 3. The third kappa shape index (κ3) is 2.79. The van der Waals surface area contributed by atoms with Gasteiger partial charge < -0.3 is 14.4 Å². The number of anilines is 1. The van der Waals surface area contributed by atoms with Crippen molar-refractivity contribution >= 4 is 11.7 Å². The summed E-state index contributed by atoms with van der Waals surface area (Å²) < 4.78 is 5.35. The number of nitrogens with zero attached hydrogens (tertiary/aromatic N) is 1. The molecule has 1 fully saturated rings. The minimum atomic E-state index is -0.892. The summed E-state index contributed by atoms with van der Waals surface area (Å²) in [6.07, 6.45) is 3.92. The zero-order valence-corrected chi connectivity index (χ0v) is 12.1. The van der Waals surface area contributed by atoms with Crippen LogP contribution in [0.1, 0.15) is 30.1 Å². The van der Waals surface area contributed by atoms with Crippen LogP contribution in [-0.4, -0.2) is 24.2 Å². The quantitative estimate of drug-likeness (QED) is 0.929. The predicted molar refractivity (Wildman–Crippen MR) is 81.7 cm³/mol. The molecule has 3 rings (SSSR count). The minimum Gasteiger partial charge on any atom is -0.478 e. The van der Waals surface area contributed by atoms with E-state index in [1.807, 2.05) is 18.2 Å². The van der Waals surface area contributed by atoms with Crippen molar-refractivity contribution in [2.75, 3.05) is 18.0 Å². The highest BCUT2D eigenvalue weighted by Crippen LogP contribution is 2.30. The molecule has 1 aromatic carbocycles. The second-order valence-electron chi connectivity index (χ2n) is 5.71. The monoisotopic (exact) mass is 285 g/mol. The number of furan rings is 1. The van der Waals surface area contributed by atoms with Crippen molar-refractivity contribution in [3.05, 3.63) is 42.2 Å². The van der Waals surface area contributed by atoms with Crippen molar-refractivity contribution in [2.45, 2.75) is 19.8 Å². The molecule has 2 heterocycles. The van der Waals surface area contributed by atoms with Gasteiger partial charge in [0.1, 0.15) is 5.76 Å². The SMILES string of the molecule is CC1CCCN(c2ccc(-c3ccco3)cc2C(=O)O)C1. The van der Waals surface area contributed by atoms with Crippen molar-refractivity contribution in [1.29, 1.82) is 0 Å². The fourth-order valence-corrected chi connectivity index (χ4v) is 2.99. The number of hydrogen-bond donors (Lipinski definition) is 1. The summed E-state index contributed by atoms with van der Waals surface area (Å²) in [4.78, 5) is 13.8. The van der Waals surface area contributed by atoms with Gasteiger partial charge in [0.05, 0.1) is 17.5 Å². The van der Waals surface area contributed by atoms with Crippen LogP contribution in [0.5, 0.6) is 0 Å². The lowest BCUT2D eigenvalue weighted by Gasteiger charge is -2.33. The number of hydrogen-bond acceptors (Lipinski definition) is 3. The second-order valence-corrected chi connectivity index (χ2v) is 5.71. The molecule has 0 amide bonds. The normalized spacial score (nSPS) is 18.7. The van der Waals surface area contributed by atoms with Gasteiger partial charge in [0.15, 0.2) is 0 Å². The Hall–Kier alpha value is -2.23. The second kappa shape index (κ2) is 5.64. The van der Waals surface area contributed by atoms with E-state index in [1.165, 1.54) is 6.42 Å². The van der Waals surface area contributed by atoms with E-state index in [0.29, 0.717) is 17.2 Å². The topological polar surface area (TPSA) is 53.7 Å². The first-order valence-corrected chi connectivity index (χ1v) is 7.31. The number of piperidine rings is 1. The molecular weight excluding hydrogens is 266 g/mol. The van der Waals surface area contributed by atoms with Crippen molar-refractivity contribution in [3.63, 3.8) is 0 Å². The Bertz CT molecular complexity index is 633. The molecule has 1 saturated heterocycles. The lowest BCUT2D eigenvalue weighted by molar-refractivity contribution is 0.0697. The molecule has 0 radical (unpaired) electrons. The summed E-state index contributed by atoms with van der Waals surface area (Å²) in [5, 5.41) is 9.53. The van der Waals surface area contributed by atoms with E-state index in [0.717, 1.165) is 30.8 Å². The van der Waals surface area contributed by atoms with Gasteiger partial charge in [-0.05, 0) is 49.1 Å². The Morgan fingerprint density at radius 3 is 2.90 bits per heavy atom. The van der Waals surface area contributed by atoms with Crippen LogP contribution in [0, 0.1) is 5.92 Å². The van der Waals surface area contributed by atoms with Crippen LogP contribution in [0.25, 0.3) is 11.3 Å². The van der Waals surface area contributed by atoms with E-state index in [-0.39, 0.29) is 0 Å². The average molecular weight is 285 g/mol. The molecule has 1 unspecified atom stereocenters. The van der Waals surface area contributed by atoms with Crippen LogP contribution < -0.4 is 4.90 Å². The van der Waals surface area contributed by atoms with Crippen LogP contribution in [-0.2, 0) is 0 Å². The fraction of sp³-hybridized carbons (Fsp3) is 0.353. The summed E-state index contributed by atoms with van der Waals surface area (Å²) in [5.74, 6) is 0.401. The third-order valence-corrected chi connectivity index (χ3v) is 4.03. The van der Waals surface area contributed by atoms with E-state index < -0.39 is 5.97 Å². The number of carbonyl (C=O) groups is 1. The largest absolute Gasteiger partial charge is 0.478 e. The summed E-state index contributed by atoms with van der Waals surface area (Å²) in [6, 6.07) is 9.18. The minimum absolute atomic E-state index is 0.345. The lowest BCUT2D eigenvalue weighted by atomic mass is 9.98. The van der Waals surface area contributed by atoms with Crippen molar-refractivity contribution in [2.24, 2.45) is 5.92 Å². The molecule has 0 aliphatic carbocycles. The number of carboxylic acid groups (broad SMARTS) is 1. The van der Waals surface area contributed by atoms with Gasteiger partial charge >= 0.3 is 5.97 Å². The molecule has 1 atom stereocenters. The smallest absolute Gasteiger partial charge is 0.337 e. The van der Waals surface area contributed by atoms with E-state index in [9.17, 15) is 9.90 Å². The first-order chi connectivity index (χ1) is 10.1. The molecule has 4 heteroatoms. The van der Waals surface area contributed by atoms with E-state index in [4.69, 9.17) is 4.42 Å². The zero-order chi connectivity index (χ0) is 14.8. The highest BCUT2D eigenvalue weighted by atomic mass is 16.4. The van der Waals surface area contributed by atoms with Gasteiger partial charge in [-0.2, -0.15) is 0 Å². The van der Waals surface area contributed by atoms with Gasteiger partial charge in [0.25, 0.3) is 0 Å². The highest BCUT2D eigenvalue weighted by Gasteiger charge is 2.22. The first-order valence-electron chi connectivity index (χ1n) is 7.31. The molecule has 0 spiro atoms. The molecular formula is C17H19NO3. The summed E-state index contributed by atoms with van der Waals surface area (Å²) in [5.41, 5.74) is 1.95. The van der Waals surface area contributed by atoms with Crippen LogP contribution >= 0.6 is 0 Å². The Kier molecular flexibility index (Phi) is 3.69. The Balaban J connectivity index is 1.98. The number of carboxylic acids is 1. The Morgan fingerprint density at radius 2 is 2.24 bits per heavy atom. The molecule has 1 aliphatic rings. The third-order valence-electron chi connectivity index (χ3n) is 4.03.